The summed E-state index contributed by atoms with van der Waals surface area (Å²) in [6.45, 7) is 11.5. The molecule has 0 aliphatic heterocycles. The van der Waals surface area contributed by atoms with E-state index in [-0.39, 0.29) is 22.7 Å². The Morgan fingerprint density at radius 2 is 1.66 bits per heavy atom. The normalized spacial score (nSPS) is 22.7. The fourth-order valence-corrected chi connectivity index (χ4v) is 5.95. The van der Waals surface area contributed by atoms with Crippen LogP contribution in [0.2, 0.25) is 0 Å². The molecule has 0 unspecified atom stereocenters. The molecular formula is C29H43N5O. The monoisotopic (exact) mass is 477 g/mol. The molecule has 1 saturated carbocycles. The van der Waals surface area contributed by atoms with Gasteiger partial charge in [0.1, 0.15) is 5.69 Å². The van der Waals surface area contributed by atoms with Crippen LogP contribution in [0.3, 0.4) is 0 Å². The quantitative estimate of drug-likeness (QED) is 0.383. The van der Waals surface area contributed by atoms with Crippen molar-refractivity contribution in [2.45, 2.75) is 83.6 Å². The molecule has 2 aliphatic rings. The number of hydrogen-bond acceptors (Lipinski definition) is 2. The lowest BCUT2D eigenvalue weighted by Gasteiger charge is -2.42. The van der Waals surface area contributed by atoms with Gasteiger partial charge in [-0.3, -0.25) is 9.79 Å². The Morgan fingerprint density at radius 1 is 1.00 bits per heavy atom. The summed E-state index contributed by atoms with van der Waals surface area (Å²) < 4.78 is 0. The summed E-state index contributed by atoms with van der Waals surface area (Å²) in [5.41, 5.74) is 16.1. The van der Waals surface area contributed by atoms with Crippen LogP contribution in [-0.2, 0) is 17.4 Å². The van der Waals surface area contributed by atoms with Gasteiger partial charge in [0, 0.05) is 25.8 Å². The third kappa shape index (κ3) is 5.91. The Balaban J connectivity index is 1.52. The van der Waals surface area contributed by atoms with E-state index in [0.717, 1.165) is 32.2 Å². The van der Waals surface area contributed by atoms with Gasteiger partial charge in [0.25, 0.3) is 5.91 Å². The molecule has 1 fully saturated rings. The maximum Gasteiger partial charge on any atom is 0.270 e. The maximum atomic E-state index is 13.5. The Morgan fingerprint density at radius 3 is 2.29 bits per heavy atom. The summed E-state index contributed by atoms with van der Waals surface area (Å²) in [6.07, 6.45) is 8.63. The molecule has 1 amide bonds. The van der Waals surface area contributed by atoms with E-state index < -0.39 is 0 Å². The second-order valence-corrected chi connectivity index (χ2v) is 12.1. The van der Waals surface area contributed by atoms with E-state index in [1.807, 2.05) is 18.3 Å². The molecule has 1 heterocycles. The van der Waals surface area contributed by atoms with Crippen molar-refractivity contribution in [2.24, 2.45) is 28.3 Å². The number of nitrogens with one attached hydrogen (secondary N) is 1. The zero-order valence-electron chi connectivity index (χ0n) is 21.9. The first-order valence-electron chi connectivity index (χ1n) is 13.2. The SMILES string of the molecule is CC1(C)CCC(C)(C)c2cc(CN(CC3CCC(CN=C(N)N)CC3)C(=O)c3ccc[nH]3)ccc21. The van der Waals surface area contributed by atoms with Crippen LogP contribution < -0.4 is 11.5 Å². The number of amides is 1. The van der Waals surface area contributed by atoms with Crippen molar-refractivity contribution in [2.75, 3.05) is 13.1 Å². The summed E-state index contributed by atoms with van der Waals surface area (Å²) >= 11 is 0. The van der Waals surface area contributed by atoms with E-state index in [1.165, 1.54) is 29.5 Å². The molecule has 0 bridgehead atoms. The van der Waals surface area contributed by atoms with Crippen molar-refractivity contribution >= 4 is 11.9 Å². The number of benzene rings is 1. The fourth-order valence-electron chi connectivity index (χ4n) is 5.95. The van der Waals surface area contributed by atoms with Gasteiger partial charge >= 0.3 is 0 Å². The lowest BCUT2D eigenvalue weighted by molar-refractivity contribution is 0.0686. The molecule has 4 rings (SSSR count). The van der Waals surface area contributed by atoms with Gasteiger partial charge in [-0.2, -0.15) is 0 Å². The van der Waals surface area contributed by atoms with E-state index in [2.05, 4.69) is 60.8 Å². The molecular weight excluding hydrogens is 434 g/mol. The lowest BCUT2D eigenvalue weighted by Crippen LogP contribution is -2.37. The van der Waals surface area contributed by atoms with Crippen molar-refractivity contribution < 1.29 is 4.79 Å². The van der Waals surface area contributed by atoms with Gasteiger partial charge in [0.15, 0.2) is 5.96 Å². The minimum Gasteiger partial charge on any atom is -0.370 e. The van der Waals surface area contributed by atoms with Crippen LogP contribution in [0.4, 0.5) is 0 Å². The van der Waals surface area contributed by atoms with E-state index in [0.29, 0.717) is 30.6 Å². The average Bonchev–Trinajstić information content (AvgIpc) is 3.36. The molecule has 5 N–H and O–H groups in total. The van der Waals surface area contributed by atoms with Crippen molar-refractivity contribution in [1.82, 2.24) is 9.88 Å². The van der Waals surface area contributed by atoms with Gasteiger partial charge in [-0.1, -0.05) is 45.9 Å². The molecule has 35 heavy (non-hydrogen) atoms. The Labute approximate surface area is 210 Å². The molecule has 190 valence electrons. The Bertz CT molecular complexity index is 1040. The molecule has 0 spiro atoms. The summed E-state index contributed by atoms with van der Waals surface area (Å²) in [5, 5.41) is 0. The highest BCUT2D eigenvalue weighted by molar-refractivity contribution is 5.92. The molecule has 0 saturated heterocycles. The first-order chi connectivity index (χ1) is 16.5. The molecule has 1 aromatic carbocycles. The molecule has 0 atom stereocenters. The number of aliphatic imine (C=N–C) groups is 1. The minimum atomic E-state index is 0.0786. The molecule has 0 radical (unpaired) electrons. The largest absolute Gasteiger partial charge is 0.370 e. The Kier molecular flexibility index (Phi) is 7.30. The number of aromatic nitrogens is 1. The summed E-state index contributed by atoms with van der Waals surface area (Å²) in [4.78, 5) is 22.9. The number of guanidine groups is 1. The third-order valence-electron chi connectivity index (χ3n) is 8.38. The number of aromatic amines is 1. The smallest absolute Gasteiger partial charge is 0.270 e. The highest BCUT2D eigenvalue weighted by Crippen LogP contribution is 2.46. The summed E-state index contributed by atoms with van der Waals surface area (Å²) in [6, 6.07) is 10.7. The van der Waals surface area contributed by atoms with Crippen molar-refractivity contribution in [3.63, 3.8) is 0 Å². The van der Waals surface area contributed by atoms with E-state index in [9.17, 15) is 4.79 Å². The molecule has 2 aromatic rings. The van der Waals surface area contributed by atoms with Gasteiger partial charge in [0.2, 0.25) is 0 Å². The van der Waals surface area contributed by atoms with Crippen LogP contribution in [0.15, 0.2) is 41.5 Å². The second-order valence-electron chi connectivity index (χ2n) is 12.1. The van der Waals surface area contributed by atoms with E-state index in [1.54, 1.807) is 0 Å². The van der Waals surface area contributed by atoms with Gasteiger partial charge in [-0.05, 0) is 90.0 Å². The van der Waals surface area contributed by atoms with Crippen LogP contribution in [0.1, 0.15) is 93.4 Å². The van der Waals surface area contributed by atoms with Crippen LogP contribution in [0, 0.1) is 11.8 Å². The van der Waals surface area contributed by atoms with Crippen molar-refractivity contribution in [1.29, 1.82) is 0 Å². The number of rotatable bonds is 7. The van der Waals surface area contributed by atoms with E-state index >= 15 is 0 Å². The molecule has 1 aromatic heterocycles. The number of fused-ring (bicyclic) bond motifs is 1. The maximum absolute atomic E-state index is 13.5. The Hall–Kier alpha value is -2.76. The highest BCUT2D eigenvalue weighted by Gasteiger charge is 2.37. The van der Waals surface area contributed by atoms with Crippen molar-refractivity contribution in [3.05, 3.63) is 58.9 Å². The fraction of sp³-hybridized carbons (Fsp3) is 0.586. The first-order valence-corrected chi connectivity index (χ1v) is 13.2. The number of carbonyl (C=O) groups is 1. The van der Waals surface area contributed by atoms with Crippen LogP contribution >= 0.6 is 0 Å². The topological polar surface area (TPSA) is 100 Å². The van der Waals surface area contributed by atoms with Gasteiger partial charge in [0.05, 0.1) is 0 Å². The van der Waals surface area contributed by atoms with E-state index in [4.69, 9.17) is 11.5 Å². The predicted molar refractivity (Wildman–Crippen MR) is 143 cm³/mol. The van der Waals surface area contributed by atoms with Crippen LogP contribution in [0.5, 0.6) is 0 Å². The number of carbonyl (C=O) groups excluding carboxylic acids is 1. The van der Waals surface area contributed by atoms with Gasteiger partial charge < -0.3 is 21.4 Å². The van der Waals surface area contributed by atoms with Crippen LogP contribution in [-0.4, -0.2) is 34.8 Å². The molecule has 6 nitrogen and oxygen atoms in total. The van der Waals surface area contributed by atoms with Gasteiger partial charge in [-0.15, -0.1) is 0 Å². The highest BCUT2D eigenvalue weighted by atomic mass is 16.2. The number of H-pyrrole nitrogens is 1. The summed E-state index contributed by atoms with van der Waals surface area (Å²) in [7, 11) is 0. The third-order valence-corrected chi connectivity index (χ3v) is 8.38. The summed E-state index contributed by atoms with van der Waals surface area (Å²) in [5.74, 6) is 1.28. The standard InChI is InChI=1S/C29H43N5O/c1-28(2)13-14-29(3,4)24-16-22(11-12-23(24)28)19-34(26(35)25-6-5-15-32-25)18-21-9-7-20(8-10-21)17-33-27(30)31/h5-6,11-12,15-16,20-21,32H,7-10,13-14,17-19H2,1-4H3,(H4,30,31,33). The minimum absolute atomic E-state index is 0.0786. The van der Waals surface area contributed by atoms with Crippen molar-refractivity contribution in [3.8, 4) is 0 Å². The van der Waals surface area contributed by atoms with Crippen LogP contribution in [0.25, 0.3) is 0 Å². The van der Waals surface area contributed by atoms with Gasteiger partial charge in [-0.25, -0.2) is 0 Å². The lowest BCUT2D eigenvalue weighted by atomic mass is 9.63. The second kappa shape index (κ2) is 10.1. The molecule has 2 aliphatic carbocycles. The number of nitrogens with zero attached hydrogens (tertiary/aromatic N) is 2. The average molecular weight is 478 g/mol. The number of hydrogen-bond donors (Lipinski definition) is 3. The molecule has 6 heteroatoms. The predicted octanol–water partition coefficient (Wildman–Crippen LogP) is 5.09. The zero-order chi connectivity index (χ0) is 25.2. The first kappa shape index (κ1) is 25.3. The zero-order valence-corrected chi connectivity index (χ0v) is 21.9. The number of nitrogens with two attached hydrogens (primary N) is 2.